The maximum atomic E-state index is 5.14. The first-order valence-electron chi connectivity index (χ1n) is 30.4. The largest absolute Gasteiger partial charge is 0.202 e. The third kappa shape index (κ3) is 12.8. The maximum absolute atomic E-state index is 5.14. The zero-order valence-corrected chi connectivity index (χ0v) is 51.3. The number of aromatic nitrogens is 3. The van der Waals surface area contributed by atoms with Gasteiger partial charge in [0.25, 0.3) is 0 Å². The van der Waals surface area contributed by atoms with Crippen molar-refractivity contribution in [2.24, 2.45) is 0 Å². The molecule has 0 saturated carbocycles. The zero-order chi connectivity index (χ0) is 55.1. The molecule has 0 bridgehead atoms. The Morgan fingerprint density at radius 2 is 0.769 bits per heavy atom. The van der Waals surface area contributed by atoms with Crippen LogP contribution in [-0.4, -0.2) is 24.4 Å². The summed E-state index contributed by atoms with van der Waals surface area (Å²) in [6, 6.07) is 48.7. The van der Waals surface area contributed by atoms with Crippen LogP contribution in [0.2, 0.25) is 0 Å². The fourth-order valence-electron chi connectivity index (χ4n) is 12.9. The quantitative estimate of drug-likeness (QED) is 0.0421. The normalized spacial score (nSPS) is 15.3. The molecule has 1 unspecified atom stereocenters. The van der Waals surface area contributed by atoms with E-state index >= 15 is 0 Å². The van der Waals surface area contributed by atoms with Crippen LogP contribution in [0.5, 0.6) is 0 Å². The first-order chi connectivity index (χ1) is 37.6. The van der Waals surface area contributed by atoms with Crippen molar-refractivity contribution in [3.05, 3.63) is 171 Å². The second-order valence-corrected chi connectivity index (χ2v) is 28.8. The minimum Gasteiger partial charge on any atom is -0.202 e. The van der Waals surface area contributed by atoms with Gasteiger partial charge in [0.15, 0.2) is 16.1 Å². The first-order valence-corrected chi connectivity index (χ1v) is 32.1. The number of nitrogens with zero attached hydrogens (tertiary/aromatic N) is 3. The monoisotopic (exact) mass is 1070 g/mol. The van der Waals surface area contributed by atoms with E-state index < -0.39 is 5.41 Å². The fraction of sp³-hybridized carbons (Fsp3) is 0.466. The lowest BCUT2D eigenvalue weighted by Crippen LogP contribution is -2.28. The summed E-state index contributed by atoms with van der Waals surface area (Å²) in [6.45, 7) is 24.9. The standard InChI is InChI=1S/C73H91N3S2/c1-12-15-18-21-23-26-45-72(46-27-24-22-19-16-13-2)63-47-51(4)29-41-59(63)60-43-35-55(49-64(60)72)56-36-44-62-61-42-30-52(5)48-65(61)73(66(62)50-56,57-37-31-53(32-38-57)28-25-20-17-14-3)58-39-33-54(34-40-58)67-74-68(77-70(6,7)8)76-69(75-67)78-71(9,10)11/h29-44,47-50H,12-28,45-46H2,1-11H3. The van der Waals surface area contributed by atoms with E-state index in [9.17, 15) is 0 Å². The van der Waals surface area contributed by atoms with E-state index in [1.54, 1.807) is 34.7 Å². The van der Waals surface area contributed by atoms with E-state index in [-0.39, 0.29) is 14.9 Å². The van der Waals surface area contributed by atoms with Gasteiger partial charge in [-0.15, -0.1) is 0 Å². The second-order valence-electron chi connectivity index (χ2n) is 25.2. The predicted octanol–water partition coefficient (Wildman–Crippen LogP) is 21.9. The molecule has 1 atom stereocenters. The van der Waals surface area contributed by atoms with Gasteiger partial charge in [-0.25, -0.2) is 9.97 Å². The van der Waals surface area contributed by atoms with E-state index in [4.69, 9.17) is 15.0 Å². The lowest BCUT2D eigenvalue weighted by Gasteiger charge is -2.35. The van der Waals surface area contributed by atoms with Gasteiger partial charge in [-0.05, 0) is 124 Å². The summed E-state index contributed by atoms with van der Waals surface area (Å²) in [5.41, 5.74) is 21.0. The zero-order valence-electron chi connectivity index (χ0n) is 49.6. The van der Waals surface area contributed by atoms with Gasteiger partial charge in [0.2, 0.25) is 0 Å². The summed E-state index contributed by atoms with van der Waals surface area (Å²) in [5, 5.41) is 1.53. The molecule has 0 saturated heterocycles. The molecule has 0 fully saturated rings. The number of hydrogen-bond acceptors (Lipinski definition) is 5. The number of hydrogen-bond donors (Lipinski definition) is 0. The van der Waals surface area contributed by atoms with Crippen LogP contribution in [0.25, 0.3) is 44.8 Å². The molecule has 2 aliphatic rings. The molecule has 0 N–H and O–H groups in total. The van der Waals surface area contributed by atoms with Crippen LogP contribution in [0.15, 0.2) is 132 Å². The molecule has 1 aromatic heterocycles. The lowest BCUT2D eigenvalue weighted by atomic mass is 9.67. The lowest BCUT2D eigenvalue weighted by molar-refractivity contribution is 0.398. The first kappa shape index (κ1) is 57.7. The van der Waals surface area contributed by atoms with Crippen molar-refractivity contribution in [3.8, 4) is 44.8 Å². The molecule has 7 aromatic rings. The van der Waals surface area contributed by atoms with Crippen molar-refractivity contribution in [1.82, 2.24) is 15.0 Å². The van der Waals surface area contributed by atoms with Crippen LogP contribution in [0.1, 0.15) is 228 Å². The Morgan fingerprint density at radius 1 is 0.385 bits per heavy atom. The maximum Gasteiger partial charge on any atom is 0.192 e. The Hall–Kier alpha value is -4.97. The average molecular weight is 1070 g/mol. The van der Waals surface area contributed by atoms with E-state index in [1.165, 1.54) is 188 Å². The Balaban J connectivity index is 1.20. The van der Waals surface area contributed by atoms with Gasteiger partial charge >= 0.3 is 0 Å². The van der Waals surface area contributed by atoms with Crippen molar-refractivity contribution in [1.29, 1.82) is 0 Å². The molecular weight excluding hydrogens is 983 g/mol. The minimum absolute atomic E-state index is 0.00735. The van der Waals surface area contributed by atoms with Crippen molar-refractivity contribution in [2.75, 3.05) is 0 Å². The number of fused-ring (bicyclic) bond motifs is 6. The van der Waals surface area contributed by atoms with Crippen LogP contribution in [0.3, 0.4) is 0 Å². The van der Waals surface area contributed by atoms with Gasteiger partial charge < -0.3 is 0 Å². The smallest absolute Gasteiger partial charge is 0.192 e. The van der Waals surface area contributed by atoms with E-state index in [0.29, 0.717) is 0 Å². The van der Waals surface area contributed by atoms with Crippen LogP contribution in [-0.2, 0) is 17.3 Å². The summed E-state index contributed by atoms with van der Waals surface area (Å²) in [5.74, 6) is 0.722. The Labute approximate surface area is 480 Å². The molecule has 410 valence electrons. The predicted molar refractivity (Wildman–Crippen MR) is 339 cm³/mol. The number of aryl methyl sites for hydroxylation is 3. The van der Waals surface area contributed by atoms with Crippen LogP contribution in [0, 0.1) is 13.8 Å². The molecule has 0 spiro atoms. The third-order valence-corrected chi connectivity index (χ3v) is 18.7. The number of benzene rings is 6. The van der Waals surface area contributed by atoms with Gasteiger partial charge in [-0.2, -0.15) is 4.98 Å². The van der Waals surface area contributed by atoms with Crippen LogP contribution < -0.4 is 0 Å². The number of rotatable bonds is 25. The van der Waals surface area contributed by atoms with Gasteiger partial charge in [-0.1, -0.05) is 302 Å². The highest BCUT2D eigenvalue weighted by Crippen LogP contribution is 2.59. The van der Waals surface area contributed by atoms with Gasteiger partial charge in [0.1, 0.15) is 0 Å². The highest BCUT2D eigenvalue weighted by Gasteiger charge is 2.47. The second kappa shape index (κ2) is 25.2. The molecule has 2 aliphatic carbocycles. The van der Waals surface area contributed by atoms with E-state index in [1.807, 2.05) is 0 Å². The summed E-state index contributed by atoms with van der Waals surface area (Å²) >= 11 is 3.41. The minimum atomic E-state index is -0.574. The summed E-state index contributed by atoms with van der Waals surface area (Å²) < 4.78 is -0.0874. The summed E-state index contributed by atoms with van der Waals surface area (Å²) in [4.78, 5) is 15.3. The molecule has 0 aliphatic heterocycles. The fourth-order valence-corrected chi connectivity index (χ4v) is 14.6. The van der Waals surface area contributed by atoms with Gasteiger partial charge in [-0.3, -0.25) is 0 Å². The molecule has 0 amide bonds. The average Bonchev–Trinajstić information content (AvgIpc) is 4.01. The highest BCUT2D eigenvalue weighted by atomic mass is 32.2. The van der Waals surface area contributed by atoms with Gasteiger partial charge in [0.05, 0.1) is 5.41 Å². The molecule has 9 rings (SSSR count). The van der Waals surface area contributed by atoms with Crippen LogP contribution in [0.4, 0.5) is 0 Å². The molecular formula is C73H91N3S2. The summed E-state index contributed by atoms with van der Waals surface area (Å²) in [7, 11) is 0. The Kier molecular flexibility index (Phi) is 18.7. The number of thioether (sulfide) groups is 2. The molecule has 1 heterocycles. The third-order valence-electron chi connectivity index (χ3n) is 16.7. The SMILES string of the molecule is CCCCCCCCC1(CCCCCCCC)c2cc(C)ccc2-c2ccc(-c3ccc4c(c3)C(c3ccc(CCCCCC)cc3)(c3ccc(-c5nc(SC(C)(C)C)nc(SC(C)(C)C)n5)cc3)c3cc(C)ccc3-4)cc21. The topological polar surface area (TPSA) is 38.7 Å². The number of unbranched alkanes of at least 4 members (excludes halogenated alkanes) is 13. The van der Waals surface area contributed by atoms with Gasteiger partial charge in [0, 0.05) is 20.5 Å². The molecule has 0 radical (unpaired) electrons. The summed E-state index contributed by atoms with van der Waals surface area (Å²) in [6.07, 6.45) is 24.4. The van der Waals surface area contributed by atoms with E-state index in [0.717, 1.165) is 28.1 Å². The molecule has 78 heavy (non-hydrogen) atoms. The molecule has 5 heteroatoms. The van der Waals surface area contributed by atoms with Crippen molar-refractivity contribution >= 4 is 23.5 Å². The Morgan fingerprint density at radius 3 is 1.27 bits per heavy atom. The highest BCUT2D eigenvalue weighted by molar-refractivity contribution is 8.01. The Bertz CT molecular complexity index is 3090. The van der Waals surface area contributed by atoms with Crippen molar-refractivity contribution in [2.45, 2.75) is 229 Å². The molecule has 6 aromatic carbocycles. The van der Waals surface area contributed by atoms with E-state index in [2.05, 4.69) is 197 Å². The van der Waals surface area contributed by atoms with Crippen molar-refractivity contribution in [3.63, 3.8) is 0 Å². The van der Waals surface area contributed by atoms with Crippen molar-refractivity contribution < 1.29 is 0 Å². The van der Waals surface area contributed by atoms with Crippen LogP contribution >= 0.6 is 23.5 Å². The molecule has 3 nitrogen and oxygen atoms in total.